The Morgan fingerprint density at radius 3 is 2.52 bits per heavy atom. The van der Waals surface area contributed by atoms with Gasteiger partial charge in [-0.2, -0.15) is 0 Å². The third kappa shape index (κ3) is 8.53. The topological polar surface area (TPSA) is 47.9 Å². The van der Waals surface area contributed by atoms with Crippen LogP contribution in [0.15, 0.2) is 35.3 Å². The molecular weight excluding hydrogens is 458 g/mol. The number of halogens is 3. The zero-order valence-electron chi connectivity index (χ0n) is 15.0. The number of amides is 1. The Balaban J connectivity index is 0.00000576. The Labute approximate surface area is 170 Å². The van der Waals surface area contributed by atoms with Crippen LogP contribution in [0.25, 0.3) is 0 Å². The molecule has 5 nitrogen and oxygen atoms in total. The maximum atomic E-state index is 13.6. The van der Waals surface area contributed by atoms with Crippen molar-refractivity contribution in [2.24, 2.45) is 4.99 Å². The number of carbonyl (C=O) groups is 1. The molecule has 0 aromatic heterocycles. The van der Waals surface area contributed by atoms with Crippen LogP contribution in [0, 0.1) is 5.82 Å². The highest BCUT2D eigenvalue weighted by Crippen LogP contribution is 2.16. The molecule has 1 amide bonds. The van der Waals surface area contributed by atoms with Gasteiger partial charge in [0, 0.05) is 34.2 Å². The number of benzene rings is 1. The van der Waals surface area contributed by atoms with Crippen molar-refractivity contribution in [2.45, 2.75) is 13.5 Å². The second-order valence-corrected chi connectivity index (χ2v) is 6.25. The SMILES string of the molecule is C=C(C)CNC(=NCC(=O)N(C)C)N(C)Cc1ccc(Cl)c(F)c1.I. The van der Waals surface area contributed by atoms with E-state index in [1.807, 2.05) is 18.9 Å². The molecule has 0 saturated carbocycles. The van der Waals surface area contributed by atoms with Crippen LogP contribution >= 0.6 is 35.6 Å². The molecule has 1 aromatic rings. The van der Waals surface area contributed by atoms with E-state index < -0.39 is 5.82 Å². The molecule has 8 heteroatoms. The second-order valence-electron chi connectivity index (χ2n) is 5.84. The number of nitrogens with zero attached hydrogens (tertiary/aromatic N) is 3. The number of carbonyl (C=O) groups excluding carboxylic acids is 1. The van der Waals surface area contributed by atoms with Crippen molar-refractivity contribution in [2.75, 3.05) is 34.2 Å². The Bertz CT molecular complexity index is 637. The van der Waals surface area contributed by atoms with E-state index in [1.165, 1.54) is 17.0 Å². The number of rotatable bonds is 6. The first-order chi connectivity index (χ1) is 11.2. The summed E-state index contributed by atoms with van der Waals surface area (Å²) in [4.78, 5) is 19.4. The fraction of sp³-hybridized carbons (Fsp3) is 0.412. The van der Waals surface area contributed by atoms with Gasteiger partial charge in [0.25, 0.3) is 0 Å². The number of hydrogen-bond acceptors (Lipinski definition) is 2. The molecule has 0 aliphatic rings. The summed E-state index contributed by atoms with van der Waals surface area (Å²) in [5, 5.41) is 3.24. The largest absolute Gasteiger partial charge is 0.353 e. The number of hydrogen-bond donors (Lipinski definition) is 1. The first-order valence-electron chi connectivity index (χ1n) is 7.48. The number of nitrogens with one attached hydrogen (secondary N) is 1. The summed E-state index contributed by atoms with van der Waals surface area (Å²) in [6.45, 7) is 6.72. The smallest absolute Gasteiger partial charge is 0.243 e. The van der Waals surface area contributed by atoms with Crippen LogP contribution in [-0.4, -0.2) is 55.9 Å². The zero-order valence-corrected chi connectivity index (χ0v) is 18.1. The zero-order chi connectivity index (χ0) is 18.3. The Morgan fingerprint density at radius 2 is 2.00 bits per heavy atom. The predicted octanol–water partition coefficient (Wildman–Crippen LogP) is 3.14. The van der Waals surface area contributed by atoms with Crippen molar-refractivity contribution < 1.29 is 9.18 Å². The lowest BCUT2D eigenvalue weighted by Gasteiger charge is -2.23. The maximum Gasteiger partial charge on any atom is 0.243 e. The van der Waals surface area contributed by atoms with Crippen molar-refractivity contribution in [3.05, 3.63) is 46.8 Å². The normalized spacial score (nSPS) is 10.7. The van der Waals surface area contributed by atoms with E-state index in [2.05, 4.69) is 16.9 Å². The van der Waals surface area contributed by atoms with Gasteiger partial charge in [-0.3, -0.25) is 4.79 Å². The minimum atomic E-state index is -0.460. The molecule has 1 rings (SSSR count). The third-order valence-corrected chi connectivity index (χ3v) is 3.48. The van der Waals surface area contributed by atoms with Gasteiger partial charge in [-0.05, 0) is 24.6 Å². The van der Waals surface area contributed by atoms with Gasteiger partial charge in [0.05, 0.1) is 5.02 Å². The van der Waals surface area contributed by atoms with E-state index >= 15 is 0 Å². The summed E-state index contributed by atoms with van der Waals surface area (Å²) in [6, 6.07) is 4.66. The van der Waals surface area contributed by atoms with E-state index in [9.17, 15) is 9.18 Å². The summed E-state index contributed by atoms with van der Waals surface area (Å²) in [7, 11) is 5.18. The van der Waals surface area contributed by atoms with Crippen molar-refractivity contribution >= 4 is 47.4 Å². The third-order valence-electron chi connectivity index (χ3n) is 3.18. The van der Waals surface area contributed by atoms with Gasteiger partial charge in [0.1, 0.15) is 12.4 Å². The van der Waals surface area contributed by atoms with Crippen LogP contribution in [0.1, 0.15) is 12.5 Å². The molecule has 0 radical (unpaired) electrons. The summed E-state index contributed by atoms with van der Waals surface area (Å²) < 4.78 is 13.6. The molecule has 0 aliphatic carbocycles. The molecule has 25 heavy (non-hydrogen) atoms. The van der Waals surface area contributed by atoms with Crippen molar-refractivity contribution in [3.63, 3.8) is 0 Å². The van der Waals surface area contributed by atoms with E-state index in [4.69, 9.17) is 11.6 Å². The van der Waals surface area contributed by atoms with Gasteiger partial charge in [-0.1, -0.05) is 29.8 Å². The highest BCUT2D eigenvalue weighted by Gasteiger charge is 2.10. The lowest BCUT2D eigenvalue weighted by molar-refractivity contribution is -0.127. The predicted molar refractivity (Wildman–Crippen MR) is 112 cm³/mol. The fourth-order valence-corrected chi connectivity index (χ4v) is 1.93. The van der Waals surface area contributed by atoms with Crippen molar-refractivity contribution in [1.82, 2.24) is 15.1 Å². The molecule has 1 aromatic carbocycles. The fourth-order valence-electron chi connectivity index (χ4n) is 1.81. The Hall–Kier alpha value is -1.35. The number of likely N-dealkylation sites (N-methyl/N-ethyl adjacent to an activating group) is 1. The molecule has 0 atom stereocenters. The van der Waals surface area contributed by atoms with E-state index in [1.54, 1.807) is 20.2 Å². The molecule has 0 heterocycles. The van der Waals surface area contributed by atoms with Crippen LogP contribution in [-0.2, 0) is 11.3 Å². The van der Waals surface area contributed by atoms with Crippen molar-refractivity contribution in [3.8, 4) is 0 Å². The Kier molecular flexibility index (Phi) is 10.7. The van der Waals surface area contributed by atoms with Crippen LogP contribution in [0.5, 0.6) is 0 Å². The highest BCUT2D eigenvalue weighted by molar-refractivity contribution is 14.0. The molecule has 0 saturated heterocycles. The summed E-state index contributed by atoms with van der Waals surface area (Å²) in [5.74, 6) is -0.0159. The van der Waals surface area contributed by atoms with Gasteiger partial charge in [-0.15, -0.1) is 24.0 Å². The lowest BCUT2D eigenvalue weighted by atomic mass is 10.2. The van der Waals surface area contributed by atoms with Crippen LogP contribution in [0.3, 0.4) is 0 Å². The number of aliphatic imine (C=N–C) groups is 1. The summed E-state index contributed by atoms with van der Waals surface area (Å²) >= 11 is 5.70. The minimum absolute atomic E-state index is 0. The second kappa shape index (κ2) is 11.3. The lowest BCUT2D eigenvalue weighted by Crippen LogP contribution is -2.40. The Morgan fingerprint density at radius 1 is 1.36 bits per heavy atom. The van der Waals surface area contributed by atoms with Gasteiger partial charge in [0.2, 0.25) is 5.91 Å². The van der Waals surface area contributed by atoms with Crippen LogP contribution < -0.4 is 5.32 Å². The van der Waals surface area contributed by atoms with Crippen molar-refractivity contribution in [1.29, 1.82) is 0 Å². The first kappa shape index (κ1) is 23.6. The van der Waals surface area contributed by atoms with Gasteiger partial charge in [-0.25, -0.2) is 9.38 Å². The molecule has 1 N–H and O–H groups in total. The minimum Gasteiger partial charge on any atom is -0.353 e. The average Bonchev–Trinajstić information content (AvgIpc) is 2.50. The van der Waals surface area contributed by atoms with Gasteiger partial charge < -0.3 is 15.1 Å². The first-order valence-corrected chi connectivity index (χ1v) is 7.86. The molecular formula is C17H25ClFIN4O. The van der Waals surface area contributed by atoms with Gasteiger partial charge in [0.15, 0.2) is 5.96 Å². The quantitative estimate of drug-likeness (QED) is 0.293. The van der Waals surface area contributed by atoms with E-state index in [-0.39, 0.29) is 41.5 Å². The molecule has 0 unspecified atom stereocenters. The van der Waals surface area contributed by atoms with Crippen LogP contribution in [0.2, 0.25) is 5.02 Å². The number of guanidine groups is 1. The average molecular weight is 483 g/mol. The van der Waals surface area contributed by atoms with E-state index in [0.717, 1.165) is 11.1 Å². The van der Waals surface area contributed by atoms with E-state index in [0.29, 0.717) is 19.0 Å². The standard InChI is InChI=1S/C17H24ClFN4O.HI/c1-12(2)9-20-17(21-10-16(24)22(3)4)23(5)11-13-6-7-14(18)15(19)8-13;/h6-8H,1,9-11H2,2-5H3,(H,20,21);1H. The summed E-state index contributed by atoms with van der Waals surface area (Å²) in [6.07, 6.45) is 0. The highest BCUT2D eigenvalue weighted by atomic mass is 127. The monoisotopic (exact) mass is 482 g/mol. The molecule has 0 bridgehead atoms. The maximum absolute atomic E-state index is 13.6. The summed E-state index contributed by atoms with van der Waals surface area (Å²) in [5.41, 5.74) is 1.69. The van der Waals surface area contributed by atoms with Gasteiger partial charge >= 0.3 is 0 Å². The molecule has 0 spiro atoms. The van der Waals surface area contributed by atoms with Crippen LogP contribution in [0.4, 0.5) is 4.39 Å². The molecule has 0 aliphatic heterocycles. The molecule has 0 fully saturated rings. The molecule has 140 valence electrons.